The van der Waals surface area contributed by atoms with Gasteiger partial charge in [-0.1, -0.05) is 15.9 Å². The van der Waals surface area contributed by atoms with Gasteiger partial charge in [-0.05, 0) is 37.1 Å². The highest BCUT2D eigenvalue weighted by molar-refractivity contribution is 9.10. The molecular weight excluding hydrogens is 298 g/mol. The molecule has 1 atom stereocenters. The van der Waals surface area contributed by atoms with Crippen LogP contribution < -0.4 is 10.1 Å². The van der Waals surface area contributed by atoms with Crippen LogP contribution in [0.25, 0.3) is 0 Å². The van der Waals surface area contributed by atoms with E-state index in [-0.39, 0.29) is 17.7 Å². The molecule has 1 aliphatic heterocycles. The van der Waals surface area contributed by atoms with E-state index < -0.39 is 0 Å². The van der Waals surface area contributed by atoms with E-state index in [1.165, 1.54) is 0 Å². The van der Waals surface area contributed by atoms with Crippen LogP contribution in [0.4, 0.5) is 0 Å². The summed E-state index contributed by atoms with van der Waals surface area (Å²) in [6.07, 6.45) is 1.68. The van der Waals surface area contributed by atoms with Crippen LogP contribution in [0.5, 0.6) is 5.75 Å². The Morgan fingerprint density at radius 2 is 2.00 bits per heavy atom. The maximum Gasteiger partial charge on any atom is 0.229 e. The van der Waals surface area contributed by atoms with Gasteiger partial charge in [-0.25, -0.2) is 0 Å². The van der Waals surface area contributed by atoms with Crippen molar-refractivity contribution < 1.29 is 14.3 Å². The van der Waals surface area contributed by atoms with Crippen molar-refractivity contribution in [3.8, 4) is 5.75 Å². The Bertz CT molecular complexity index is 444. The summed E-state index contributed by atoms with van der Waals surface area (Å²) in [6.45, 7) is 0.480. The van der Waals surface area contributed by atoms with E-state index in [9.17, 15) is 9.59 Å². The molecule has 0 spiro atoms. The van der Waals surface area contributed by atoms with Crippen LogP contribution >= 0.6 is 15.9 Å². The molecule has 1 fully saturated rings. The number of halogens is 1. The van der Waals surface area contributed by atoms with Crippen molar-refractivity contribution in [2.24, 2.45) is 5.92 Å². The van der Waals surface area contributed by atoms with E-state index in [1.54, 1.807) is 0 Å². The molecule has 1 saturated heterocycles. The Labute approximate surface area is 114 Å². The van der Waals surface area contributed by atoms with E-state index in [0.717, 1.165) is 10.2 Å². The molecule has 1 aromatic carbocycles. The lowest BCUT2D eigenvalue weighted by molar-refractivity contribution is -0.136. The van der Waals surface area contributed by atoms with Gasteiger partial charge in [0.15, 0.2) is 0 Å². The first-order valence-electron chi connectivity index (χ1n) is 5.87. The Morgan fingerprint density at radius 3 is 2.67 bits per heavy atom. The minimum absolute atomic E-state index is 0.113. The molecule has 1 N–H and O–H groups in total. The molecule has 1 aromatic rings. The molecule has 2 amide bonds. The number of imide groups is 1. The van der Waals surface area contributed by atoms with E-state index in [1.807, 2.05) is 24.3 Å². The molecule has 1 heterocycles. The van der Waals surface area contributed by atoms with Gasteiger partial charge in [-0.2, -0.15) is 0 Å². The van der Waals surface area contributed by atoms with Gasteiger partial charge in [0.25, 0.3) is 0 Å². The van der Waals surface area contributed by atoms with E-state index in [2.05, 4.69) is 21.2 Å². The maximum absolute atomic E-state index is 11.5. The number of nitrogens with one attached hydrogen (secondary N) is 1. The first-order chi connectivity index (χ1) is 8.65. The maximum atomic E-state index is 11.5. The highest BCUT2D eigenvalue weighted by atomic mass is 79.9. The highest BCUT2D eigenvalue weighted by Gasteiger charge is 2.26. The van der Waals surface area contributed by atoms with Gasteiger partial charge in [-0.3, -0.25) is 14.9 Å². The number of carbonyl (C=O) groups is 2. The molecule has 18 heavy (non-hydrogen) atoms. The van der Waals surface area contributed by atoms with Crippen LogP contribution in [-0.4, -0.2) is 18.4 Å². The van der Waals surface area contributed by atoms with Gasteiger partial charge in [0.05, 0.1) is 6.61 Å². The predicted octanol–water partition coefficient (Wildman–Crippen LogP) is 2.27. The second-order valence-corrected chi connectivity index (χ2v) is 5.15. The van der Waals surface area contributed by atoms with E-state index in [4.69, 9.17) is 4.74 Å². The van der Waals surface area contributed by atoms with E-state index >= 15 is 0 Å². The molecule has 0 saturated carbocycles. The number of hydrogen-bond acceptors (Lipinski definition) is 3. The van der Waals surface area contributed by atoms with Gasteiger partial charge >= 0.3 is 0 Å². The van der Waals surface area contributed by atoms with Crippen molar-refractivity contribution in [3.63, 3.8) is 0 Å². The molecule has 1 unspecified atom stereocenters. The molecular formula is C13H14BrNO3. The van der Waals surface area contributed by atoms with Crippen molar-refractivity contribution in [1.29, 1.82) is 0 Å². The monoisotopic (exact) mass is 311 g/mol. The molecule has 1 aliphatic rings. The number of ether oxygens (including phenoxy) is 1. The predicted molar refractivity (Wildman–Crippen MR) is 70.1 cm³/mol. The topological polar surface area (TPSA) is 55.4 Å². The Hall–Kier alpha value is -1.36. The lowest BCUT2D eigenvalue weighted by Crippen LogP contribution is -2.41. The zero-order valence-corrected chi connectivity index (χ0v) is 11.4. The fourth-order valence-corrected chi connectivity index (χ4v) is 2.13. The minimum atomic E-state index is -0.176. The van der Waals surface area contributed by atoms with Crippen LogP contribution in [0.2, 0.25) is 0 Å². The molecule has 4 nitrogen and oxygen atoms in total. The smallest absolute Gasteiger partial charge is 0.229 e. The number of piperidine rings is 1. The number of rotatable bonds is 4. The molecule has 0 aromatic heterocycles. The average Bonchev–Trinajstić information content (AvgIpc) is 2.34. The minimum Gasteiger partial charge on any atom is -0.494 e. The lowest BCUT2D eigenvalue weighted by atomic mass is 9.95. The van der Waals surface area contributed by atoms with Crippen LogP contribution in [0.1, 0.15) is 19.3 Å². The second kappa shape index (κ2) is 6.00. The first-order valence-corrected chi connectivity index (χ1v) is 6.66. The van der Waals surface area contributed by atoms with Crippen LogP contribution in [0, 0.1) is 5.92 Å². The SMILES string of the molecule is O=C1CCC(CCOc2ccc(Br)cc2)C(=O)N1. The van der Waals surface area contributed by atoms with Crippen LogP contribution in [0.3, 0.4) is 0 Å². The largest absolute Gasteiger partial charge is 0.494 e. The third-order valence-corrected chi connectivity index (χ3v) is 3.43. The van der Waals surface area contributed by atoms with Crippen molar-refractivity contribution in [3.05, 3.63) is 28.7 Å². The molecule has 2 rings (SSSR count). The van der Waals surface area contributed by atoms with Gasteiger partial charge in [0, 0.05) is 16.8 Å². The first kappa shape index (κ1) is 13.1. The van der Waals surface area contributed by atoms with Crippen molar-refractivity contribution >= 4 is 27.7 Å². The molecule has 0 bridgehead atoms. The fourth-order valence-electron chi connectivity index (χ4n) is 1.86. The summed E-state index contributed by atoms with van der Waals surface area (Å²) in [5, 5.41) is 2.35. The summed E-state index contributed by atoms with van der Waals surface area (Å²) in [7, 11) is 0. The van der Waals surface area contributed by atoms with Crippen LogP contribution in [-0.2, 0) is 9.59 Å². The van der Waals surface area contributed by atoms with E-state index in [0.29, 0.717) is 25.9 Å². The number of hydrogen-bond donors (Lipinski definition) is 1. The number of carbonyl (C=O) groups excluding carboxylic acids is 2. The van der Waals surface area contributed by atoms with Gasteiger partial charge in [0.1, 0.15) is 5.75 Å². The zero-order chi connectivity index (χ0) is 13.0. The van der Waals surface area contributed by atoms with Gasteiger partial charge < -0.3 is 4.74 Å². The van der Waals surface area contributed by atoms with Crippen molar-refractivity contribution in [2.45, 2.75) is 19.3 Å². The summed E-state index contributed by atoms with van der Waals surface area (Å²) in [5.41, 5.74) is 0. The highest BCUT2D eigenvalue weighted by Crippen LogP contribution is 2.19. The third kappa shape index (κ3) is 3.57. The molecule has 0 radical (unpaired) electrons. The van der Waals surface area contributed by atoms with Gasteiger partial charge in [-0.15, -0.1) is 0 Å². The van der Waals surface area contributed by atoms with Crippen LogP contribution in [0.15, 0.2) is 28.7 Å². The molecule has 96 valence electrons. The Balaban J connectivity index is 1.77. The summed E-state index contributed by atoms with van der Waals surface area (Å²) in [4.78, 5) is 22.5. The standard InChI is InChI=1S/C13H14BrNO3/c14-10-2-4-11(5-3-10)18-8-7-9-1-6-12(16)15-13(9)17/h2-5,9H,1,6-8H2,(H,15,16,17). The average molecular weight is 312 g/mol. The van der Waals surface area contributed by atoms with Crippen molar-refractivity contribution in [2.75, 3.05) is 6.61 Å². The third-order valence-electron chi connectivity index (χ3n) is 2.90. The lowest BCUT2D eigenvalue weighted by Gasteiger charge is -2.20. The quantitative estimate of drug-likeness (QED) is 0.868. The fraction of sp³-hybridized carbons (Fsp3) is 0.385. The second-order valence-electron chi connectivity index (χ2n) is 4.24. The molecule has 0 aliphatic carbocycles. The number of benzene rings is 1. The van der Waals surface area contributed by atoms with Gasteiger partial charge in [0.2, 0.25) is 11.8 Å². The normalized spacial score (nSPS) is 19.5. The number of amides is 2. The summed E-state index contributed by atoms with van der Waals surface area (Å²) >= 11 is 3.35. The van der Waals surface area contributed by atoms with Crippen molar-refractivity contribution in [1.82, 2.24) is 5.32 Å². The Kier molecular flexibility index (Phi) is 4.36. The summed E-state index contributed by atoms with van der Waals surface area (Å²) in [6, 6.07) is 7.55. The Morgan fingerprint density at radius 1 is 1.28 bits per heavy atom. The molecule has 5 heteroatoms. The summed E-state index contributed by atoms with van der Waals surface area (Å²) in [5.74, 6) is 0.319. The summed E-state index contributed by atoms with van der Waals surface area (Å²) < 4.78 is 6.55. The zero-order valence-electron chi connectivity index (χ0n) is 9.82.